The summed E-state index contributed by atoms with van der Waals surface area (Å²) in [5.41, 5.74) is 0.920. The Kier molecular flexibility index (Phi) is 6.15. The predicted molar refractivity (Wildman–Crippen MR) is 136 cm³/mol. The zero-order chi connectivity index (χ0) is 26.4. The highest BCUT2D eigenvalue weighted by Crippen LogP contribution is 2.34. The van der Waals surface area contributed by atoms with Gasteiger partial charge in [0.25, 0.3) is 11.8 Å². The van der Waals surface area contributed by atoms with E-state index in [2.05, 4.69) is 15.6 Å². The molecule has 0 radical (unpaired) electrons. The topological polar surface area (TPSA) is 165 Å². The number of carbonyl (C=O) groups excluding carboxylic acids is 2. The van der Waals surface area contributed by atoms with Gasteiger partial charge >= 0.3 is 0 Å². The molecule has 0 fully saturated rings. The minimum atomic E-state index is -3.97. The van der Waals surface area contributed by atoms with Gasteiger partial charge in [0.2, 0.25) is 19.9 Å². The Balaban J connectivity index is 1.32. The van der Waals surface area contributed by atoms with Crippen LogP contribution in [0.5, 0.6) is 0 Å². The Labute approximate surface area is 216 Å². The van der Waals surface area contributed by atoms with Crippen molar-refractivity contribution in [2.24, 2.45) is 5.14 Å². The monoisotopic (exact) mass is 554 g/mol. The van der Waals surface area contributed by atoms with E-state index < -0.39 is 31.7 Å². The van der Waals surface area contributed by atoms with Crippen LogP contribution in [0.25, 0.3) is 10.6 Å². The first kappa shape index (κ1) is 24.8. The Bertz CT molecular complexity index is 1780. The highest BCUT2D eigenvalue weighted by atomic mass is 32.2. The third-order valence-electron chi connectivity index (χ3n) is 5.61. The number of primary sulfonamides is 1. The number of amides is 2. The molecule has 5 rings (SSSR count). The first-order valence-electron chi connectivity index (χ1n) is 10.7. The maximum absolute atomic E-state index is 13.1. The van der Waals surface area contributed by atoms with E-state index in [1.807, 2.05) is 0 Å². The third kappa shape index (κ3) is 4.76. The average molecular weight is 555 g/mol. The fraction of sp³-hybridized carbons (Fsp3) is 0.0417. The molecule has 2 heterocycles. The first-order chi connectivity index (χ1) is 17.5. The molecule has 1 aliphatic heterocycles. The Morgan fingerprint density at radius 3 is 2.49 bits per heavy atom. The van der Waals surface area contributed by atoms with Gasteiger partial charge in [0.15, 0.2) is 0 Å². The van der Waals surface area contributed by atoms with Crippen LogP contribution in [-0.4, -0.2) is 33.6 Å². The molecule has 1 aromatic heterocycles. The van der Waals surface area contributed by atoms with Crippen LogP contribution in [0.1, 0.15) is 25.6 Å². The normalized spacial score (nSPS) is 14.1. The molecule has 37 heavy (non-hydrogen) atoms. The molecule has 2 amide bonds. The van der Waals surface area contributed by atoms with Crippen molar-refractivity contribution in [3.63, 3.8) is 0 Å². The lowest BCUT2D eigenvalue weighted by molar-refractivity contribution is 0.0949. The van der Waals surface area contributed by atoms with Crippen LogP contribution < -0.4 is 15.8 Å². The summed E-state index contributed by atoms with van der Waals surface area (Å²) in [5, 5.41) is 11.1. The minimum Gasteiger partial charge on any atom is -0.347 e. The van der Waals surface area contributed by atoms with Crippen LogP contribution in [0.2, 0.25) is 0 Å². The van der Waals surface area contributed by atoms with Crippen molar-refractivity contribution in [3.05, 3.63) is 88.9 Å². The van der Waals surface area contributed by atoms with Crippen molar-refractivity contribution in [2.45, 2.75) is 21.2 Å². The summed E-state index contributed by atoms with van der Waals surface area (Å²) >= 11 is 1.31. The third-order valence-corrected chi connectivity index (χ3v) is 9.45. The first-order valence-corrected chi connectivity index (χ1v) is 14.5. The smallest absolute Gasteiger partial charge is 0.257 e. The number of benzene rings is 3. The number of nitrogens with one attached hydrogen (secondary N) is 2. The molecule has 3 aromatic carbocycles. The second kappa shape index (κ2) is 9.19. The molecule has 0 unspecified atom stereocenters. The number of sulfone groups is 1. The van der Waals surface area contributed by atoms with E-state index in [4.69, 9.17) is 5.14 Å². The summed E-state index contributed by atoms with van der Waals surface area (Å²) < 4.78 is 49.1. The number of hydrogen-bond acceptors (Lipinski definition) is 8. The number of aromatic nitrogens is 1. The second-order valence-corrected chi connectivity index (χ2v) is 12.6. The molecule has 4 N–H and O–H groups in total. The van der Waals surface area contributed by atoms with E-state index in [1.165, 1.54) is 53.8 Å². The minimum absolute atomic E-state index is 0.00563. The number of rotatable bonds is 5. The quantitative estimate of drug-likeness (QED) is 0.341. The number of anilines is 1. The Morgan fingerprint density at radius 1 is 1.03 bits per heavy atom. The maximum atomic E-state index is 13.1. The molecule has 0 atom stereocenters. The number of nitrogens with two attached hydrogens (primary N) is 1. The average Bonchev–Trinajstić information content (AvgIpc) is 3.33. The number of carbonyl (C=O) groups is 2. The van der Waals surface area contributed by atoms with E-state index >= 15 is 0 Å². The lowest BCUT2D eigenvalue weighted by atomic mass is 10.1. The highest BCUT2D eigenvalue weighted by molar-refractivity contribution is 7.91. The highest BCUT2D eigenvalue weighted by Gasteiger charge is 2.31. The van der Waals surface area contributed by atoms with Crippen LogP contribution in [0.15, 0.2) is 87.6 Å². The van der Waals surface area contributed by atoms with Gasteiger partial charge in [-0.3, -0.25) is 9.59 Å². The fourth-order valence-corrected chi connectivity index (χ4v) is 6.74. The predicted octanol–water partition coefficient (Wildman–Crippen LogP) is 2.79. The number of fused-ring (bicyclic) bond motifs is 2. The van der Waals surface area contributed by atoms with Crippen molar-refractivity contribution in [3.8, 4) is 10.6 Å². The summed E-state index contributed by atoms with van der Waals surface area (Å²) in [4.78, 5) is 30.3. The molecule has 10 nitrogen and oxygen atoms in total. The molecule has 4 aromatic rings. The van der Waals surface area contributed by atoms with Gasteiger partial charge in [-0.1, -0.05) is 24.3 Å². The zero-order valence-electron chi connectivity index (χ0n) is 18.8. The zero-order valence-corrected chi connectivity index (χ0v) is 21.3. The SMILES string of the molecule is NS(=O)(=O)c1ccc(-c2ncc(CNC(=O)c3ccc4c(c3)NC(=O)c3ccccc3S4(=O)=O)s2)cc1. The molecule has 0 saturated carbocycles. The van der Waals surface area contributed by atoms with Gasteiger partial charge in [-0.25, -0.2) is 27.0 Å². The van der Waals surface area contributed by atoms with Crippen LogP contribution in [-0.2, 0) is 26.4 Å². The molecular formula is C24H18N4O6S3. The summed E-state index contributed by atoms with van der Waals surface area (Å²) in [6.07, 6.45) is 1.59. The van der Waals surface area contributed by atoms with Crippen LogP contribution >= 0.6 is 11.3 Å². The van der Waals surface area contributed by atoms with E-state index in [-0.39, 0.29) is 38.0 Å². The second-order valence-electron chi connectivity index (χ2n) is 8.05. The van der Waals surface area contributed by atoms with Gasteiger partial charge in [0.05, 0.1) is 32.5 Å². The molecule has 0 spiro atoms. The van der Waals surface area contributed by atoms with Crippen molar-refractivity contribution in [1.82, 2.24) is 10.3 Å². The molecule has 1 aliphatic rings. The van der Waals surface area contributed by atoms with Crippen molar-refractivity contribution >= 4 is 48.7 Å². The largest absolute Gasteiger partial charge is 0.347 e. The maximum Gasteiger partial charge on any atom is 0.257 e. The van der Waals surface area contributed by atoms with Gasteiger partial charge in [-0.2, -0.15) is 0 Å². The van der Waals surface area contributed by atoms with Crippen LogP contribution in [0, 0.1) is 0 Å². The van der Waals surface area contributed by atoms with Gasteiger partial charge in [-0.15, -0.1) is 11.3 Å². The number of sulfonamides is 1. The van der Waals surface area contributed by atoms with Crippen LogP contribution in [0.4, 0.5) is 5.69 Å². The van der Waals surface area contributed by atoms with Crippen molar-refractivity contribution < 1.29 is 26.4 Å². The van der Waals surface area contributed by atoms with E-state index in [9.17, 15) is 26.4 Å². The molecular weight excluding hydrogens is 536 g/mol. The molecule has 0 bridgehead atoms. The van der Waals surface area contributed by atoms with Gasteiger partial charge in [-0.05, 0) is 42.5 Å². The number of thiazole rings is 1. The van der Waals surface area contributed by atoms with Crippen molar-refractivity contribution in [1.29, 1.82) is 0 Å². The molecule has 0 saturated heterocycles. The van der Waals surface area contributed by atoms with Gasteiger partial charge < -0.3 is 10.6 Å². The van der Waals surface area contributed by atoms with E-state index in [0.29, 0.717) is 10.6 Å². The van der Waals surface area contributed by atoms with Gasteiger partial charge in [0, 0.05) is 22.2 Å². The van der Waals surface area contributed by atoms with Crippen molar-refractivity contribution in [2.75, 3.05) is 5.32 Å². The fourth-order valence-electron chi connectivity index (χ4n) is 3.78. The summed E-state index contributed by atoms with van der Waals surface area (Å²) in [7, 11) is -7.76. The number of nitrogens with zero attached hydrogens (tertiary/aromatic N) is 1. The lowest BCUT2D eigenvalue weighted by Gasteiger charge is -2.10. The molecule has 0 aliphatic carbocycles. The number of hydrogen-bond donors (Lipinski definition) is 3. The van der Waals surface area contributed by atoms with E-state index in [1.54, 1.807) is 30.5 Å². The van der Waals surface area contributed by atoms with E-state index in [0.717, 1.165) is 4.88 Å². The standard InChI is InChI=1S/C24H18N4O6S3/c25-37(33,34)17-8-5-14(6-9-17)24-27-13-16(35-24)12-26-22(29)15-7-10-21-19(11-15)28-23(30)18-3-1-2-4-20(18)36(21,31)32/h1-11,13H,12H2,(H,26,29)(H,28,30)(H2,25,33,34). The summed E-state index contributed by atoms with van der Waals surface area (Å²) in [6.45, 7) is 0.152. The lowest BCUT2D eigenvalue weighted by Crippen LogP contribution is -2.22. The Morgan fingerprint density at radius 2 is 1.76 bits per heavy atom. The van der Waals surface area contributed by atoms with Gasteiger partial charge in [0.1, 0.15) is 5.01 Å². The van der Waals surface area contributed by atoms with Crippen LogP contribution in [0.3, 0.4) is 0 Å². The summed E-state index contributed by atoms with van der Waals surface area (Å²) in [6, 6.07) is 15.9. The Hall–Kier alpha value is -3.91. The molecule has 13 heteroatoms. The summed E-state index contributed by atoms with van der Waals surface area (Å²) in [5.74, 6) is -1.05. The molecule has 188 valence electrons.